The quantitative estimate of drug-likeness (QED) is 0.414. The number of rotatable bonds is 4. The summed E-state index contributed by atoms with van der Waals surface area (Å²) in [6, 6.07) is 23.5. The second-order valence-corrected chi connectivity index (χ2v) is 8.20. The summed E-state index contributed by atoms with van der Waals surface area (Å²) < 4.78 is 5.95. The molecular weight excluding hydrogens is 331 g/mol. The van der Waals surface area contributed by atoms with Gasteiger partial charge in [0.1, 0.15) is 0 Å². The van der Waals surface area contributed by atoms with Gasteiger partial charge < -0.3 is 9.76 Å². The first-order valence-corrected chi connectivity index (χ1v) is 9.34. The third kappa shape index (κ3) is 3.11. The zero-order valence-corrected chi connectivity index (χ0v) is 16.3. The molecule has 0 aliphatic heterocycles. The Bertz CT molecular complexity index is 1100. The molecule has 0 saturated carbocycles. The first-order chi connectivity index (χ1) is 12.8. The van der Waals surface area contributed by atoms with Gasteiger partial charge in [-0.25, -0.2) is 0 Å². The summed E-state index contributed by atoms with van der Waals surface area (Å²) in [5.41, 5.74) is -0.642. The van der Waals surface area contributed by atoms with Gasteiger partial charge in [0.15, 0.2) is 0 Å². The topological polar surface area (TPSA) is 29.5 Å². The average molecular weight is 355 g/mol. The van der Waals surface area contributed by atoms with Gasteiger partial charge in [0.2, 0.25) is 0 Å². The van der Waals surface area contributed by atoms with Gasteiger partial charge in [-0.3, -0.25) is 0 Å². The summed E-state index contributed by atoms with van der Waals surface area (Å²) in [6.07, 6.45) is 0. The van der Waals surface area contributed by atoms with Crippen LogP contribution in [0.5, 0.6) is 0 Å². The highest BCUT2D eigenvalue weighted by atomic mass is 16.5. The van der Waals surface area contributed by atoms with Crippen LogP contribution in [-0.4, -0.2) is 23.8 Å². The van der Waals surface area contributed by atoms with Gasteiger partial charge in [-0.05, 0) is 60.0 Å². The van der Waals surface area contributed by atoms with Gasteiger partial charge in [0.05, 0.1) is 11.2 Å². The van der Waals surface area contributed by atoms with E-state index in [1.165, 1.54) is 32.3 Å². The maximum Gasteiger partial charge on any atom is 0.330 e. The van der Waals surface area contributed by atoms with Crippen LogP contribution < -0.4 is 5.46 Å². The summed E-state index contributed by atoms with van der Waals surface area (Å²) in [5.74, 6) is 0. The largest absolute Gasteiger partial charge is 0.427 e. The van der Waals surface area contributed by atoms with E-state index in [2.05, 4.69) is 66.7 Å². The third-order valence-corrected chi connectivity index (χ3v) is 5.73. The second kappa shape index (κ2) is 6.37. The van der Waals surface area contributed by atoms with Gasteiger partial charge >= 0.3 is 7.48 Å². The van der Waals surface area contributed by atoms with Gasteiger partial charge in [0.25, 0.3) is 0 Å². The summed E-state index contributed by atoms with van der Waals surface area (Å²) in [5, 5.41) is 17.8. The smallest absolute Gasteiger partial charge is 0.330 e. The van der Waals surface area contributed by atoms with E-state index < -0.39 is 11.2 Å². The molecule has 3 heteroatoms. The molecule has 0 unspecified atom stereocenters. The Balaban J connectivity index is 1.85. The predicted octanol–water partition coefficient (Wildman–Crippen LogP) is 4.96. The molecule has 0 fully saturated rings. The van der Waals surface area contributed by atoms with Crippen LogP contribution >= 0.6 is 0 Å². The second-order valence-electron chi connectivity index (χ2n) is 8.20. The van der Waals surface area contributed by atoms with Crippen LogP contribution in [0.4, 0.5) is 0 Å². The van der Waals surface area contributed by atoms with Crippen molar-refractivity contribution >= 4 is 45.3 Å². The number of benzene rings is 4. The molecule has 0 aliphatic carbocycles. The fraction of sp³-hybridized carbons (Fsp3) is 0.250. The van der Waals surface area contributed by atoms with Crippen molar-refractivity contribution in [2.24, 2.45) is 0 Å². The average Bonchev–Trinajstić information content (AvgIpc) is 2.65. The Morgan fingerprint density at radius 3 is 1.59 bits per heavy atom. The minimum atomic E-state index is -0.941. The molecule has 0 bridgehead atoms. The van der Waals surface area contributed by atoms with Crippen molar-refractivity contribution in [3.8, 4) is 0 Å². The lowest BCUT2D eigenvalue weighted by atomic mass is 9.81. The van der Waals surface area contributed by atoms with Crippen molar-refractivity contribution in [2.75, 3.05) is 0 Å². The van der Waals surface area contributed by atoms with E-state index in [0.29, 0.717) is 0 Å². The minimum absolute atomic E-state index is 0.687. The number of hydrogen-bond acceptors (Lipinski definition) is 2. The van der Waals surface area contributed by atoms with Gasteiger partial charge in [0, 0.05) is 0 Å². The van der Waals surface area contributed by atoms with Crippen molar-refractivity contribution in [3.63, 3.8) is 0 Å². The van der Waals surface area contributed by atoms with Crippen molar-refractivity contribution in [1.82, 2.24) is 0 Å². The highest BCUT2D eigenvalue weighted by Gasteiger charge is 2.35. The molecule has 4 aromatic carbocycles. The van der Waals surface area contributed by atoms with E-state index in [9.17, 15) is 5.11 Å². The first kappa shape index (κ1) is 18.0. The SMILES string of the molecule is CC(C)(O)C(C)(C)O[B]c1ccc2c3ccccc3c3ccccc3c2c1. The molecule has 1 radical (unpaired) electrons. The van der Waals surface area contributed by atoms with E-state index in [0.717, 1.165) is 5.46 Å². The van der Waals surface area contributed by atoms with Gasteiger partial charge in [-0.2, -0.15) is 0 Å². The molecule has 0 saturated heterocycles. The van der Waals surface area contributed by atoms with E-state index in [-0.39, 0.29) is 0 Å². The fourth-order valence-electron chi connectivity index (χ4n) is 3.36. The summed E-state index contributed by atoms with van der Waals surface area (Å²) in [6.45, 7) is 7.32. The van der Waals surface area contributed by atoms with Crippen LogP contribution in [-0.2, 0) is 4.65 Å². The molecule has 0 spiro atoms. The molecule has 2 nitrogen and oxygen atoms in total. The molecular formula is C24H24BO2. The van der Waals surface area contributed by atoms with E-state index in [4.69, 9.17) is 4.65 Å². The monoisotopic (exact) mass is 355 g/mol. The molecule has 4 rings (SSSR count). The lowest BCUT2D eigenvalue weighted by molar-refractivity contribution is -0.0893. The Morgan fingerprint density at radius 1 is 0.667 bits per heavy atom. The lowest BCUT2D eigenvalue weighted by Gasteiger charge is -2.37. The van der Waals surface area contributed by atoms with Crippen LogP contribution in [0.2, 0.25) is 0 Å². The maximum absolute atomic E-state index is 10.3. The summed E-state index contributed by atoms with van der Waals surface area (Å²) >= 11 is 0. The zero-order chi connectivity index (χ0) is 19.2. The lowest BCUT2D eigenvalue weighted by Crippen LogP contribution is -2.49. The van der Waals surface area contributed by atoms with Crippen LogP contribution in [0.15, 0.2) is 66.7 Å². The highest BCUT2D eigenvalue weighted by molar-refractivity contribution is 6.48. The molecule has 135 valence electrons. The highest BCUT2D eigenvalue weighted by Crippen LogP contribution is 2.34. The predicted molar refractivity (Wildman–Crippen MR) is 116 cm³/mol. The van der Waals surface area contributed by atoms with Crippen LogP contribution in [0, 0.1) is 0 Å². The Hall–Kier alpha value is -2.36. The van der Waals surface area contributed by atoms with E-state index >= 15 is 0 Å². The van der Waals surface area contributed by atoms with Crippen LogP contribution in [0.25, 0.3) is 32.3 Å². The van der Waals surface area contributed by atoms with Crippen molar-refractivity contribution < 1.29 is 9.76 Å². The van der Waals surface area contributed by atoms with Crippen molar-refractivity contribution in [1.29, 1.82) is 0 Å². The molecule has 0 aliphatic rings. The van der Waals surface area contributed by atoms with Crippen LogP contribution in [0.1, 0.15) is 27.7 Å². The zero-order valence-electron chi connectivity index (χ0n) is 16.3. The Morgan fingerprint density at radius 2 is 1.11 bits per heavy atom. The summed E-state index contributed by atoms with van der Waals surface area (Å²) in [4.78, 5) is 0. The Kier molecular flexibility index (Phi) is 4.25. The first-order valence-electron chi connectivity index (χ1n) is 9.34. The number of aliphatic hydroxyl groups is 1. The van der Waals surface area contributed by atoms with E-state index in [1.807, 2.05) is 13.8 Å². The molecule has 27 heavy (non-hydrogen) atoms. The van der Waals surface area contributed by atoms with E-state index in [1.54, 1.807) is 21.3 Å². The standard InChI is InChI=1S/C24H24BO2/c1-23(2,26)24(3,4)27-25-16-13-14-21-19-11-6-5-9-17(19)18-10-7-8-12-20(18)22(21)15-16/h5-15,26H,1-4H3. The van der Waals surface area contributed by atoms with Crippen molar-refractivity contribution in [2.45, 2.75) is 38.9 Å². The van der Waals surface area contributed by atoms with Gasteiger partial charge in [-0.1, -0.05) is 72.2 Å². The van der Waals surface area contributed by atoms with Crippen LogP contribution in [0.3, 0.4) is 0 Å². The normalized spacial score (nSPS) is 12.8. The van der Waals surface area contributed by atoms with Crippen molar-refractivity contribution in [3.05, 3.63) is 66.7 Å². The number of fused-ring (bicyclic) bond motifs is 6. The molecule has 0 heterocycles. The Labute approximate surface area is 161 Å². The molecule has 1 N–H and O–H groups in total. The molecule has 4 aromatic rings. The minimum Gasteiger partial charge on any atom is -0.427 e. The molecule has 0 atom stereocenters. The molecule has 0 aromatic heterocycles. The maximum atomic E-state index is 10.3. The van der Waals surface area contributed by atoms with Gasteiger partial charge in [-0.15, -0.1) is 0 Å². The third-order valence-electron chi connectivity index (χ3n) is 5.73. The summed E-state index contributed by atoms with van der Waals surface area (Å²) in [7, 11) is 1.75. The fourth-order valence-corrected chi connectivity index (χ4v) is 3.36. The number of hydrogen-bond donors (Lipinski definition) is 1. The molecule has 0 amide bonds.